The van der Waals surface area contributed by atoms with E-state index in [-0.39, 0.29) is 5.75 Å². The van der Waals surface area contributed by atoms with Crippen LogP contribution in [-0.2, 0) is 6.54 Å². The van der Waals surface area contributed by atoms with Crippen molar-refractivity contribution in [3.05, 3.63) is 29.8 Å². The van der Waals surface area contributed by atoms with E-state index in [9.17, 15) is 8.78 Å². The van der Waals surface area contributed by atoms with Crippen LogP contribution in [0.5, 0.6) is 5.75 Å². The number of hydrogen-bond donors (Lipinski definition) is 2. The number of guanidine groups is 1. The fourth-order valence-electron chi connectivity index (χ4n) is 1.63. The molecule has 0 aliphatic carbocycles. The van der Waals surface area contributed by atoms with Gasteiger partial charge in [0.05, 0.1) is 6.54 Å². The Morgan fingerprint density at radius 3 is 2.67 bits per heavy atom. The van der Waals surface area contributed by atoms with E-state index in [2.05, 4.69) is 34.2 Å². The van der Waals surface area contributed by atoms with Crippen molar-refractivity contribution < 1.29 is 13.5 Å². The number of halogens is 2. The van der Waals surface area contributed by atoms with E-state index in [0.717, 1.165) is 18.7 Å². The van der Waals surface area contributed by atoms with Crippen molar-refractivity contribution in [2.24, 2.45) is 10.9 Å². The Bertz CT molecular complexity index is 450. The first-order valence-corrected chi connectivity index (χ1v) is 7.07. The molecular weight excluding hydrogens is 276 g/mol. The van der Waals surface area contributed by atoms with E-state index in [0.29, 0.717) is 18.4 Å². The third kappa shape index (κ3) is 7.48. The topological polar surface area (TPSA) is 45.7 Å². The molecule has 0 bridgehead atoms. The molecule has 0 radical (unpaired) electrons. The first-order valence-electron chi connectivity index (χ1n) is 7.07. The molecule has 1 aromatic carbocycles. The summed E-state index contributed by atoms with van der Waals surface area (Å²) in [6, 6.07) is 6.58. The molecule has 2 N–H and O–H groups in total. The lowest BCUT2D eigenvalue weighted by Gasteiger charge is -2.13. The average Bonchev–Trinajstić information content (AvgIpc) is 2.41. The van der Waals surface area contributed by atoms with Gasteiger partial charge in [-0.3, -0.25) is 0 Å². The summed E-state index contributed by atoms with van der Waals surface area (Å²) >= 11 is 0. The number of hydrogen-bond acceptors (Lipinski definition) is 2. The van der Waals surface area contributed by atoms with Gasteiger partial charge in [-0.15, -0.1) is 0 Å². The summed E-state index contributed by atoms with van der Waals surface area (Å²) in [7, 11) is 0. The van der Waals surface area contributed by atoms with Crippen molar-refractivity contribution in [2.45, 2.75) is 33.9 Å². The molecule has 0 atom stereocenters. The van der Waals surface area contributed by atoms with Gasteiger partial charge in [0.25, 0.3) is 0 Å². The lowest BCUT2D eigenvalue weighted by molar-refractivity contribution is -0.0498. The van der Waals surface area contributed by atoms with Crippen LogP contribution in [0.15, 0.2) is 29.3 Å². The van der Waals surface area contributed by atoms with Gasteiger partial charge in [-0.25, -0.2) is 4.99 Å². The zero-order valence-corrected chi connectivity index (χ0v) is 12.7. The highest BCUT2D eigenvalue weighted by atomic mass is 19.3. The van der Waals surface area contributed by atoms with Crippen molar-refractivity contribution in [1.82, 2.24) is 10.6 Å². The van der Waals surface area contributed by atoms with Crippen LogP contribution in [0.4, 0.5) is 8.78 Å². The van der Waals surface area contributed by atoms with Crippen LogP contribution >= 0.6 is 0 Å². The predicted molar refractivity (Wildman–Crippen MR) is 80.7 cm³/mol. The summed E-state index contributed by atoms with van der Waals surface area (Å²) in [5.41, 5.74) is 0.815. The van der Waals surface area contributed by atoms with E-state index < -0.39 is 6.61 Å². The lowest BCUT2D eigenvalue weighted by Crippen LogP contribution is -2.39. The van der Waals surface area contributed by atoms with E-state index in [4.69, 9.17) is 0 Å². The van der Waals surface area contributed by atoms with Crippen LogP contribution < -0.4 is 15.4 Å². The molecule has 0 saturated carbocycles. The quantitative estimate of drug-likeness (QED) is 0.601. The fraction of sp³-hybridized carbons (Fsp3) is 0.533. The molecule has 0 aliphatic heterocycles. The van der Waals surface area contributed by atoms with Gasteiger partial charge >= 0.3 is 6.61 Å². The standard InChI is InChI=1S/C15H23F2N3O/c1-4-18-15(19-9-11(2)3)20-10-12-6-5-7-13(8-12)21-14(16)17/h5-8,11,14H,4,9-10H2,1-3H3,(H2,18,19,20). The zero-order chi connectivity index (χ0) is 15.7. The van der Waals surface area contributed by atoms with Gasteiger partial charge in [-0.05, 0) is 30.5 Å². The molecule has 0 fully saturated rings. The highest BCUT2D eigenvalue weighted by Gasteiger charge is 2.05. The van der Waals surface area contributed by atoms with E-state index in [1.807, 2.05) is 13.0 Å². The van der Waals surface area contributed by atoms with Gasteiger partial charge in [-0.1, -0.05) is 26.0 Å². The Morgan fingerprint density at radius 1 is 1.29 bits per heavy atom. The van der Waals surface area contributed by atoms with Crippen molar-refractivity contribution in [3.63, 3.8) is 0 Å². The largest absolute Gasteiger partial charge is 0.435 e. The molecule has 0 aromatic heterocycles. The highest BCUT2D eigenvalue weighted by Crippen LogP contribution is 2.16. The van der Waals surface area contributed by atoms with Gasteiger partial charge < -0.3 is 15.4 Å². The molecule has 21 heavy (non-hydrogen) atoms. The first-order chi connectivity index (χ1) is 10.0. The summed E-state index contributed by atoms with van der Waals surface area (Å²) in [5.74, 6) is 1.38. The van der Waals surface area contributed by atoms with Gasteiger partial charge in [0.15, 0.2) is 5.96 Å². The Kier molecular flexibility index (Phi) is 7.50. The van der Waals surface area contributed by atoms with E-state index in [1.165, 1.54) is 6.07 Å². The van der Waals surface area contributed by atoms with Crippen molar-refractivity contribution >= 4 is 5.96 Å². The van der Waals surface area contributed by atoms with Crippen molar-refractivity contribution in [2.75, 3.05) is 13.1 Å². The third-order valence-electron chi connectivity index (χ3n) is 2.57. The Labute approximate surface area is 124 Å². The van der Waals surface area contributed by atoms with Gasteiger partial charge in [-0.2, -0.15) is 8.78 Å². The molecular formula is C15H23F2N3O. The number of nitrogens with one attached hydrogen (secondary N) is 2. The van der Waals surface area contributed by atoms with Crippen LogP contribution in [0.25, 0.3) is 0 Å². The molecule has 0 amide bonds. The summed E-state index contributed by atoms with van der Waals surface area (Å²) < 4.78 is 28.7. The zero-order valence-electron chi connectivity index (χ0n) is 12.7. The molecule has 6 heteroatoms. The molecule has 118 valence electrons. The summed E-state index contributed by atoms with van der Waals surface area (Å²) in [6.45, 7) is 5.38. The third-order valence-corrected chi connectivity index (χ3v) is 2.57. The van der Waals surface area contributed by atoms with Crippen LogP contribution in [0.1, 0.15) is 26.3 Å². The number of nitrogens with zero attached hydrogens (tertiary/aromatic N) is 1. The molecule has 1 aromatic rings. The SMILES string of the molecule is CCNC(=NCc1cccc(OC(F)F)c1)NCC(C)C. The maximum atomic E-state index is 12.2. The molecule has 1 rings (SSSR count). The van der Waals surface area contributed by atoms with Crippen LogP contribution in [0.2, 0.25) is 0 Å². The van der Waals surface area contributed by atoms with Crippen LogP contribution in [0.3, 0.4) is 0 Å². The number of benzene rings is 1. The normalized spacial score (nSPS) is 11.9. The predicted octanol–water partition coefficient (Wildman–Crippen LogP) is 3.00. The second kappa shape index (κ2) is 9.15. The summed E-state index contributed by atoms with van der Waals surface area (Å²) in [6.07, 6.45) is 0. The lowest BCUT2D eigenvalue weighted by atomic mass is 10.2. The van der Waals surface area contributed by atoms with Crippen molar-refractivity contribution in [3.8, 4) is 5.75 Å². The minimum Gasteiger partial charge on any atom is -0.435 e. The number of aliphatic imine (C=N–C) groups is 1. The second-order valence-corrected chi connectivity index (χ2v) is 5.00. The van der Waals surface area contributed by atoms with Crippen LogP contribution in [0, 0.1) is 5.92 Å². The molecule has 4 nitrogen and oxygen atoms in total. The van der Waals surface area contributed by atoms with Gasteiger partial charge in [0.2, 0.25) is 0 Å². The minimum atomic E-state index is -2.81. The Balaban J connectivity index is 2.66. The molecule has 0 spiro atoms. The maximum Gasteiger partial charge on any atom is 0.387 e. The minimum absolute atomic E-state index is 0.151. The Hall–Kier alpha value is -1.85. The molecule has 0 heterocycles. The maximum absolute atomic E-state index is 12.2. The van der Waals surface area contributed by atoms with E-state index in [1.54, 1.807) is 12.1 Å². The second-order valence-electron chi connectivity index (χ2n) is 5.00. The average molecular weight is 299 g/mol. The van der Waals surface area contributed by atoms with Gasteiger partial charge in [0, 0.05) is 13.1 Å². The van der Waals surface area contributed by atoms with Gasteiger partial charge in [0.1, 0.15) is 5.75 Å². The number of alkyl halides is 2. The highest BCUT2D eigenvalue weighted by molar-refractivity contribution is 5.79. The van der Waals surface area contributed by atoms with E-state index >= 15 is 0 Å². The summed E-state index contributed by atoms with van der Waals surface area (Å²) in [5, 5.41) is 6.37. The fourth-order valence-corrected chi connectivity index (χ4v) is 1.63. The number of ether oxygens (including phenoxy) is 1. The monoisotopic (exact) mass is 299 g/mol. The first kappa shape index (κ1) is 17.2. The summed E-state index contributed by atoms with van der Waals surface area (Å²) in [4.78, 5) is 4.43. The Morgan fingerprint density at radius 2 is 2.05 bits per heavy atom. The van der Waals surface area contributed by atoms with Crippen molar-refractivity contribution in [1.29, 1.82) is 0 Å². The number of rotatable bonds is 7. The molecule has 0 aliphatic rings. The molecule has 0 saturated heterocycles. The smallest absolute Gasteiger partial charge is 0.387 e. The molecule has 0 unspecified atom stereocenters. The van der Waals surface area contributed by atoms with Crippen LogP contribution in [-0.4, -0.2) is 25.7 Å².